The SMILES string of the molecule is CC[C@H](C)N(Cc1csc(COc2ccc(C)cc2)n1)C(=O)c1ccccc1C. The third-order valence-electron chi connectivity index (χ3n) is 5.07. The van der Waals surface area contributed by atoms with E-state index in [4.69, 9.17) is 9.72 Å². The van der Waals surface area contributed by atoms with Gasteiger partial charge in [0.05, 0.1) is 12.2 Å². The Morgan fingerprint density at radius 1 is 1.14 bits per heavy atom. The molecule has 0 fully saturated rings. The predicted octanol–water partition coefficient (Wildman–Crippen LogP) is 5.78. The first kappa shape index (κ1) is 21.1. The van der Waals surface area contributed by atoms with Gasteiger partial charge in [0.15, 0.2) is 0 Å². The van der Waals surface area contributed by atoms with Gasteiger partial charge in [0.25, 0.3) is 5.91 Å². The standard InChI is InChI=1S/C24H28N2O2S/c1-5-19(4)26(24(27)22-9-7-6-8-18(22)3)14-20-16-29-23(25-20)15-28-21-12-10-17(2)11-13-21/h6-13,16,19H,5,14-15H2,1-4H3/t19-/m0/s1. The second kappa shape index (κ2) is 9.70. The number of carbonyl (C=O) groups excluding carboxylic acids is 1. The van der Waals surface area contributed by atoms with Gasteiger partial charge in [-0.3, -0.25) is 4.79 Å². The van der Waals surface area contributed by atoms with Crippen LogP contribution in [0.15, 0.2) is 53.9 Å². The van der Waals surface area contributed by atoms with Gasteiger partial charge in [-0.05, 0) is 51.0 Å². The van der Waals surface area contributed by atoms with E-state index < -0.39 is 0 Å². The van der Waals surface area contributed by atoms with E-state index in [1.54, 1.807) is 11.3 Å². The molecule has 1 heterocycles. The molecule has 152 valence electrons. The Balaban J connectivity index is 1.69. The molecule has 0 spiro atoms. The summed E-state index contributed by atoms with van der Waals surface area (Å²) in [5, 5.41) is 2.93. The molecule has 0 N–H and O–H groups in total. The van der Waals surface area contributed by atoms with Gasteiger partial charge in [-0.15, -0.1) is 11.3 Å². The molecule has 0 aliphatic rings. The fourth-order valence-electron chi connectivity index (χ4n) is 3.06. The van der Waals surface area contributed by atoms with Gasteiger partial charge in [0, 0.05) is 17.0 Å². The number of rotatable bonds is 8. The largest absolute Gasteiger partial charge is 0.486 e. The summed E-state index contributed by atoms with van der Waals surface area (Å²) in [4.78, 5) is 19.8. The van der Waals surface area contributed by atoms with Crippen molar-refractivity contribution in [2.45, 2.75) is 53.3 Å². The highest BCUT2D eigenvalue weighted by molar-refractivity contribution is 7.09. The first-order valence-corrected chi connectivity index (χ1v) is 10.8. The summed E-state index contributed by atoms with van der Waals surface area (Å²) < 4.78 is 5.83. The van der Waals surface area contributed by atoms with E-state index in [9.17, 15) is 4.79 Å². The number of amides is 1. The lowest BCUT2D eigenvalue weighted by Crippen LogP contribution is -2.38. The van der Waals surface area contributed by atoms with E-state index in [0.29, 0.717) is 13.2 Å². The van der Waals surface area contributed by atoms with Crippen LogP contribution >= 0.6 is 11.3 Å². The fraction of sp³-hybridized carbons (Fsp3) is 0.333. The van der Waals surface area contributed by atoms with Crippen molar-refractivity contribution in [3.63, 3.8) is 0 Å². The zero-order valence-electron chi connectivity index (χ0n) is 17.5. The molecule has 2 aromatic carbocycles. The molecule has 0 unspecified atom stereocenters. The van der Waals surface area contributed by atoms with Crippen LogP contribution in [0.5, 0.6) is 5.75 Å². The molecule has 0 bridgehead atoms. The fourth-order valence-corrected chi connectivity index (χ4v) is 3.75. The monoisotopic (exact) mass is 408 g/mol. The van der Waals surface area contributed by atoms with Crippen LogP contribution in [0.4, 0.5) is 0 Å². The lowest BCUT2D eigenvalue weighted by molar-refractivity contribution is 0.0668. The summed E-state index contributed by atoms with van der Waals surface area (Å²) in [7, 11) is 0. The van der Waals surface area contributed by atoms with Crippen LogP contribution in [0.2, 0.25) is 0 Å². The molecule has 5 heteroatoms. The highest BCUT2D eigenvalue weighted by Gasteiger charge is 2.23. The number of thiazole rings is 1. The van der Waals surface area contributed by atoms with Crippen LogP contribution in [-0.2, 0) is 13.2 Å². The summed E-state index contributed by atoms with van der Waals surface area (Å²) >= 11 is 1.57. The average molecular weight is 409 g/mol. The van der Waals surface area contributed by atoms with Crippen molar-refractivity contribution in [2.24, 2.45) is 0 Å². The quantitative estimate of drug-likeness (QED) is 0.474. The maximum atomic E-state index is 13.2. The first-order chi connectivity index (χ1) is 14.0. The molecule has 3 aromatic rings. The molecular formula is C24H28N2O2S. The zero-order chi connectivity index (χ0) is 20.8. The van der Waals surface area contributed by atoms with Gasteiger partial charge in [-0.25, -0.2) is 4.98 Å². The second-order valence-electron chi connectivity index (χ2n) is 7.34. The number of benzene rings is 2. The van der Waals surface area contributed by atoms with Crippen molar-refractivity contribution >= 4 is 17.2 Å². The van der Waals surface area contributed by atoms with Crippen LogP contribution in [0.3, 0.4) is 0 Å². The Labute approximate surface area is 177 Å². The van der Waals surface area contributed by atoms with Crippen LogP contribution in [0, 0.1) is 13.8 Å². The van der Waals surface area contributed by atoms with Crippen LogP contribution < -0.4 is 4.74 Å². The number of aromatic nitrogens is 1. The number of carbonyl (C=O) groups is 1. The highest BCUT2D eigenvalue weighted by atomic mass is 32.1. The minimum absolute atomic E-state index is 0.0582. The minimum atomic E-state index is 0.0582. The van der Waals surface area contributed by atoms with E-state index in [1.165, 1.54) is 5.56 Å². The Hall–Kier alpha value is -2.66. The summed E-state index contributed by atoms with van der Waals surface area (Å²) in [5.74, 6) is 0.895. The molecule has 3 rings (SSSR count). The number of nitrogens with zero attached hydrogens (tertiary/aromatic N) is 2. The average Bonchev–Trinajstić information content (AvgIpc) is 3.18. The van der Waals surface area contributed by atoms with Crippen LogP contribution in [0.1, 0.15) is 52.5 Å². The molecule has 29 heavy (non-hydrogen) atoms. The van der Waals surface area contributed by atoms with Crippen molar-refractivity contribution in [3.05, 3.63) is 81.3 Å². The van der Waals surface area contributed by atoms with Gasteiger partial charge in [0.1, 0.15) is 17.4 Å². The van der Waals surface area contributed by atoms with E-state index in [-0.39, 0.29) is 11.9 Å². The first-order valence-electron chi connectivity index (χ1n) is 9.97. The molecule has 1 atom stereocenters. The molecule has 0 aliphatic carbocycles. The van der Waals surface area contributed by atoms with E-state index in [2.05, 4.69) is 20.8 Å². The summed E-state index contributed by atoms with van der Waals surface area (Å²) in [6, 6.07) is 15.9. The van der Waals surface area contributed by atoms with Crippen molar-refractivity contribution in [2.75, 3.05) is 0 Å². The molecule has 1 aromatic heterocycles. The Morgan fingerprint density at radius 2 is 1.86 bits per heavy atom. The second-order valence-corrected chi connectivity index (χ2v) is 8.28. The predicted molar refractivity (Wildman–Crippen MR) is 118 cm³/mol. The minimum Gasteiger partial charge on any atom is -0.486 e. The Bertz CT molecular complexity index is 950. The van der Waals surface area contributed by atoms with Crippen molar-refractivity contribution in [1.29, 1.82) is 0 Å². The lowest BCUT2D eigenvalue weighted by Gasteiger charge is -2.28. The van der Waals surface area contributed by atoms with Gasteiger partial charge in [-0.2, -0.15) is 0 Å². The number of ether oxygens (including phenoxy) is 1. The third-order valence-corrected chi connectivity index (χ3v) is 5.95. The van der Waals surface area contributed by atoms with Gasteiger partial charge < -0.3 is 9.64 Å². The van der Waals surface area contributed by atoms with Gasteiger partial charge in [-0.1, -0.05) is 42.8 Å². The Morgan fingerprint density at radius 3 is 2.55 bits per heavy atom. The molecule has 4 nitrogen and oxygen atoms in total. The molecule has 0 radical (unpaired) electrons. The molecule has 0 saturated heterocycles. The number of hydrogen-bond acceptors (Lipinski definition) is 4. The van der Waals surface area contributed by atoms with Crippen LogP contribution in [0.25, 0.3) is 0 Å². The normalized spacial score (nSPS) is 11.9. The van der Waals surface area contributed by atoms with Crippen molar-refractivity contribution in [3.8, 4) is 5.75 Å². The van der Waals surface area contributed by atoms with E-state index >= 15 is 0 Å². The van der Waals surface area contributed by atoms with Crippen molar-refractivity contribution in [1.82, 2.24) is 9.88 Å². The van der Waals surface area contributed by atoms with Gasteiger partial charge in [0.2, 0.25) is 0 Å². The van der Waals surface area contributed by atoms with E-state index in [1.807, 2.05) is 65.7 Å². The summed E-state index contributed by atoms with van der Waals surface area (Å²) in [5.41, 5.74) is 3.86. The highest BCUT2D eigenvalue weighted by Crippen LogP contribution is 2.20. The molecule has 1 amide bonds. The summed E-state index contributed by atoms with van der Waals surface area (Å²) in [6.07, 6.45) is 0.894. The maximum Gasteiger partial charge on any atom is 0.254 e. The molecular weight excluding hydrogens is 380 g/mol. The Kier molecular flexibility index (Phi) is 7.04. The summed E-state index contributed by atoms with van der Waals surface area (Å²) in [6.45, 7) is 9.16. The van der Waals surface area contributed by atoms with Gasteiger partial charge >= 0.3 is 0 Å². The maximum absolute atomic E-state index is 13.2. The molecule has 0 aliphatic heterocycles. The van der Waals surface area contributed by atoms with Crippen molar-refractivity contribution < 1.29 is 9.53 Å². The smallest absolute Gasteiger partial charge is 0.254 e. The zero-order valence-corrected chi connectivity index (χ0v) is 18.3. The van der Waals surface area contributed by atoms with E-state index in [0.717, 1.165) is 34.0 Å². The van der Waals surface area contributed by atoms with Crippen LogP contribution in [-0.4, -0.2) is 21.8 Å². The number of aryl methyl sites for hydroxylation is 2. The third kappa shape index (κ3) is 5.45. The lowest BCUT2D eigenvalue weighted by atomic mass is 10.1. The topological polar surface area (TPSA) is 42.4 Å². The molecule has 0 saturated carbocycles. The number of hydrogen-bond donors (Lipinski definition) is 0.